The van der Waals surface area contributed by atoms with Gasteiger partial charge in [-0.25, -0.2) is 0 Å². The van der Waals surface area contributed by atoms with Crippen molar-refractivity contribution in [3.63, 3.8) is 0 Å². The maximum Gasteiger partial charge on any atom is 0.0802 e. The third kappa shape index (κ3) is 4.47. The molecule has 0 aromatic heterocycles. The minimum atomic E-state index is -0.339. The molecule has 1 heterocycles. The lowest BCUT2D eigenvalue weighted by Gasteiger charge is -2.28. The summed E-state index contributed by atoms with van der Waals surface area (Å²) in [5.41, 5.74) is 3.81. The average molecular weight is 304 g/mol. The quantitative estimate of drug-likeness (QED) is 0.794. The number of hydrogen-bond acceptors (Lipinski definition) is 3. The Balaban J connectivity index is 1.96. The minimum absolute atomic E-state index is 0.339. The molecule has 0 fully saturated rings. The van der Waals surface area contributed by atoms with E-state index in [2.05, 4.69) is 48.9 Å². The maximum atomic E-state index is 10.5. The Labute approximate surface area is 135 Å². The van der Waals surface area contributed by atoms with Crippen LogP contribution in [0, 0.1) is 0 Å². The van der Waals surface area contributed by atoms with Crippen LogP contribution in [0.1, 0.15) is 56.8 Å². The molecule has 0 saturated heterocycles. The van der Waals surface area contributed by atoms with Crippen molar-refractivity contribution < 1.29 is 5.11 Å². The zero-order valence-corrected chi connectivity index (χ0v) is 14.5. The zero-order chi connectivity index (χ0) is 15.9. The number of aliphatic hydroxyl groups is 1. The number of anilines is 1. The Morgan fingerprint density at radius 2 is 1.91 bits per heavy atom. The number of benzene rings is 1. The number of aryl methyl sites for hydroxylation is 1. The predicted octanol–water partition coefficient (Wildman–Crippen LogP) is 3.61. The van der Waals surface area contributed by atoms with E-state index >= 15 is 0 Å². The highest BCUT2D eigenvalue weighted by atomic mass is 16.3. The predicted molar refractivity (Wildman–Crippen MR) is 94.6 cm³/mol. The number of rotatable bonds is 8. The highest BCUT2D eigenvalue weighted by Gasteiger charge is 2.16. The third-order valence-electron chi connectivity index (χ3n) is 4.64. The van der Waals surface area contributed by atoms with E-state index in [-0.39, 0.29) is 6.10 Å². The van der Waals surface area contributed by atoms with Gasteiger partial charge in [-0.1, -0.05) is 26.0 Å². The van der Waals surface area contributed by atoms with Crippen molar-refractivity contribution >= 4 is 5.69 Å². The molecule has 0 bridgehead atoms. The summed E-state index contributed by atoms with van der Waals surface area (Å²) in [7, 11) is 2.15. The van der Waals surface area contributed by atoms with Crippen LogP contribution in [-0.2, 0) is 6.42 Å². The van der Waals surface area contributed by atoms with Crippen molar-refractivity contribution in [2.45, 2.75) is 52.1 Å². The molecule has 0 saturated carbocycles. The Morgan fingerprint density at radius 1 is 1.18 bits per heavy atom. The number of hydrogen-bond donors (Lipinski definition) is 1. The molecule has 0 spiro atoms. The molecule has 0 aliphatic carbocycles. The Bertz CT molecular complexity index is 455. The van der Waals surface area contributed by atoms with Crippen molar-refractivity contribution in [2.24, 2.45) is 0 Å². The smallest absolute Gasteiger partial charge is 0.0802 e. The fourth-order valence-electron chi connectivity index (χ4n) is 3.45. The maximum absolute atomic E-state index is 10.5. The topological polar surface area (TPSA) is 26.7 Å². The van der Waals surface area contributed by atoms with Crippen LogP contribution in [0.4, 0.5) is 5.69 Å². The molecule has 0 radical (unpaired) electrons. The molecular weight excluding hydrogens is 272 g/mol. The summed E-state index contributed by atoms with van der Waals surface area (Å²) in [6, 6.07) is 6.51. The summed E-state index contributed by atoms with van der Waals surface area (Å²) in [4.78, 5) is 4.79. The van der Waals surface area contributed by atoms with Crippen LogP contribution in [0.3, 0.4) is 0 Å². The second kappa shape index (κ2) is 8.54. The van der Waals surface area contributed by atoms with Gasteiger partial charge < -0.3 is 14.9 Å². The van der Waals surface area contributed by atoms with Gasteiger partial charge in [-0.2, -0.15) is 0 Å². The molecule has 1 aliphatic rings. The van der Waals surface area contributed by atoms with Gasteiger partial charge in [0.1, 0.15) is 0 Å². The summed E-state index contributed by atoms with van der Waals surface area (Å²) in [5.74, 6) is 0. The molecule has 1 N–H and O–H groups in total. The van der Waals surface area contributed by atoms with Crippen molar-refractivity contribution in [3.8, 4) is 0 Å². The molecule has 124 valence electrons. The molecule has 3 nitrogen and oxygen atoms in total. The zero-order valence-electron chi connectivity index (χ0n) is 14.5. The second-order valence-corrected chi connectivity index (χ2v) is 6.56. The normalized spacial score (nSPS) is 16.0. The second-order valence-electron chi connectivity index (χ2n) is 6.56. The lowest BCUT2D eigenvalue weighted by atomic mass is 9.96. The SMILES string of the molecule is CCCN(CCC)CCC(O)c1ccc2c(c1)CCCN2C. The highest BCUT2D eigenvalue weighted by molar-refractivity contribution is 5.56. The molecule has 2 rings (SSSR count). The number of aliphatic hydroxyl groups excluding tert-OH is 1. The van der Waals surface area contributed by atoms with Gasteiger partial charge in [0.25, 0.3) is 0 Å². The van der Waals surface area contributed by atoms with Crippen LogP contribution in [-0.4, -0.2) is 43.2 Å². The molecule has 1 aromatic carbocycles. The first-order valence-corrected chi connectivity index (χ1v) is 8.90. The Hall–Kier alpha value is -1.06. The van der Waals surface area contributed by atoms with Crippen LogP contribution < -0.4 is 4.90 Å². The summed E-state index contributed by atoms with van der Waals surface area (Å²) < 4.78 is 0. The summed E-state index contributed by atoms with van der Waals surface area (Å²) in [6.07, 6.45) is 5.20. The first-order valence-electron chi connectivity index (χ1n) is 8.90. The monoisotopic (exact) mass is 304 g/mol. The molecule has 1 aromatic rings. The van der Waals surface area contributed by atoms with E-state index in [0.29, 0.717) is 0 Å². The largest absolute Gasteiger partial charge is 0.388 e. The highest BCUT2D eigenvalue weighted by Crippen LogP contribution is 2.29. The van der Waals surface area contributed by atoms with E-state index < -0.39 is 0 Å². The van der Waals surface area contributed by atoms with Gasteiger partial charge in [0.15, 0.2) is 0 Å². The molecular formula is C19H32N2O. The van der Waals surface area contributed by atoms with Crippen LogP contribution in [0.2, 0.25) is 0 Å². The van der Waals surface area contributed by atoms with Gasteiger partial charge in [-0.3, -0.25) is 0 Å². The van der Waals surface area contributed by atoms with E-state index in [0.717, 1.165) is 44.6 Å². The van der Waals surface area contributed by atoms with Gasteiger partial charge >= 0.3 is 0 Å². The van der Waals surface area contributed by atoms with Crippen LogP contribution in [0.15, 0.2) is 18.2 Å². The first-order chi connectivity index (χ1) is 10.7. The first kappa shape index (κ1) is 17.3. The van der Waals surface area contributed by atoms with Gasteiger partial charge in [-0.05, 0) is 62.4 Å². The van der Waals surface area contributed by atoms with E-state index in [1.54, 1.807) is 0 Å². The average Bonchev–Trinajstić information content (AvgIpc) is 2.52. The fraction of sp³-hybridized carbons (Fsp3) is 0.684. The van der Waals surface area contributed by atoms with E-state index in [1.165, 1.54) is 30.5 Å². The number of fused-ring (bicyclic) bond motifs is 1. The molecule has 22 heavy (non-hydrogen) atoms. The van der Waals surface area contributed by atoms with E-state index in [9.17, 15) is 5.11 Å². The lowest BCUT2D eigenvalue weighted by molar-refractivity contribution is 0.141. The molecule has 3 heteroatoms. The molecule has 1 atom stereocenters. The number of nitrogens with zero attached hydrogens (tertiary/aromatic N) is 2. The minimum Gasteiger partial charge on any atom is -0.388 e. The van der Waals surface area contributed by atoms with Gasteiger partial charge in [0.05, 0.1) is 6.10 Å². The van der Waals surface area contributed by atoms with E-state index in [1.807, 2.05) is 0 Å². The molecule has 0 amide bonds. The van der Waals surface area contributed by atoms with Gasteiger partial charge in [0, 0.05) is 25.8 Å². The summed E-state index contributed by atoms with van der Waals surface area (Å²) in [6.45, 7) is 8.83. The summed E-state index contributed by atoms with van der Waals surface area (Å²) in [5, 5.41) is 10.5. The summed E-state index contributed by atoms with van der Waals surface area (Å²) >= 11 is 0. The molecule has 1 unspecified atom stereocenters. The third-order valence-corrected chi connectivity index (χ3v) is 4.64. The van der Waals surface area contributed by atoms with E-state index in [4.69, 9.17) is 0 Å². The Kier molecular flexibility index (Phi) is 6.71. The van der Waals surface area contributed by atoms with Crippen molar-refractivity contribution in [1.29, 1.82) is 0 Å². The van der Waals surface area contributed by atoms with Gasteiger partial charge in [0.2, 0.25) is 0 Å². The fourth-order valence-corrected chi connectivity index (χ4v) is 3.45. The van der Waals surface area contributed by atoms with Crippen LogP contribution in [0.25, 0.3) is 0 Å². The van der Waals surface area contributed by atoms with Crippen molar-refractivity contribution in [2.75, 3.05) is 38.1 Å². The standard InChI is InChI=1S/C19H32N2O/c1-4-11-21(12-5-2)14-10-19(22)17-8-9-18-16(15-17)7-6-13-20(18)3/h8-9,15,19,22H,4-7,10-14H2,1-3H3. The Morgan fingerprint density at radius 3 is 2.59 bits per heavy atom. The van der Waals surface area contributed by atoms with Gasteiger partial charge in [-0.15, -0.1) is 0 Å². The van der Waals surface area contributed by atoms with Crippen molar-refractivity contribution in [3.05, 3.63) is 29.3 Å². The molecule has 1 aliphatic heterocycles. The van der Waals surface area contributed by atoms with Crippen LogP contribution >= 0.6 is 0 Å². The lowest BCUT2D eigenvalue weighted by Crippen LogP contribution is -2.28. The van der Waals surface area contributed by atoms with Crippen molar-refractivity contribution in [1.82, 2.24) is 4.90 Å². The van der Waals surface area contributed by atoms with Crippen LogP contribution in [0.5, 0.6) is 0 Å².